The van der Waals surface area contributed by atoms with Gasteiger partial charge >= 0.3 is 0 Å². The van der Waals surface area contributed by atoms with E-state index in [4.69, 9.17) is 10.5 Å². The fourth-order valence-corrected chi connectivity index (χ4v) is 2.02. The average molecular weight is 235 g/mol. The molecule has 1 rings (SSSR count). The summed E-state index contributed by atoms with van der Waals surface area (Å²) in [5.74, 6) is 0.527. The van der Waals surface area contributed by atoms with Gasteiger partial charge in [-0.25, -0.2) is 0 Å². The van der Waals surface area contributed by atoms with E-state index in [0.717, 1.165) is 25.9 Å². The van der Waals surface area contributed by atoms with Crippen molar-refractivity contribution in [2.75, 3.05) is 13.7 Å². The number of methoxy groups -OCH3 is 1. The molecule has 17 heavy (non-hydrogen) atoms. The molecule has 0 amide bonds. The van der Waals surface area contributed by atoms with Crippen LogP contribution >= 0.6 is 0 Å². The van der Waals surface area contributed by atoms with Crippen LogP contribution in [0, 0.1) is 12.8 Å². The molecular weight excluding hydrogens is 210 g/mol. The molecular formula is C15H25NO. The fourth-order valence-electron chi connectivity index (χ4n) is 2.02. The second-order valence-corrected chi connectivity index (χ2v) is 4.89. The van der Waals surface area contributed by atoms with Crippen LogP contribution < -0.4 is 5.73 Å². The maximum absolute atomic E-state index is 6.20. The van der Waals surface area contributed by atoms with Crippen LogP contribution in [0.2, 0.25) is 0 Å². The highest BCUT2D eigenvalue weighted by Gasteiger charge is 2.12. The maximum Gasteiger partial charge on any atom is 0.0465 e. The molecule has 0 aliphatic rings. The van der Waals surface area contributed by atoms with Crippen LogP contribution in [0.1, 0.15) is 30.9 Å². The van der Waals surface area contributed by atoms with Crippen molar-refractivity contribution in [3.8, 4) is 0 Å². The molecule has 2 atom stereocenters. The van der Waals surface area contributed by atoms with Crippen molar-refractivity contribution in [3.63, 3.8) is 0 Å². The highest BCUT2D eigenvalue weighted by atomic mass is 16.5. The summed E-state index contributed by atoms with van der Waals surface area (Å²) in [5, 5.41) is 0. The Morgan fingerprint density at radius 3 is 2.59 bits per heavy atom. The molecule has 2 heteroatoms. The predicted molar refractivity (Wildman–Crippen MR) is 73.1 cm³/mol. The van der Waals surface area contributed by atoms with Crippen molar-refractivity contribution >= 4 is 0 Å². The van der Waals surface area contributed by atoms with Gasteiger partial charge in [-0.15, -0.1) is 0 Å². The van der Waals surface area contributed by atoms with E-state index >= 15 is 0 Å². The molecule has 0 aromatic heterocycles. The van der Waals surface area contributed by atoms with Crippen LogP contribution in [0.3, 0.4) is 0 Å². The highest BCUT2D eigenvalue weighted by Crippen LogP contribution is 2.15. The largest absolute Gasteiger partial charge is 0.385 e. The van der Waals surface area contributed by atoms with Crippen molar-refractivity contribution < 1.29 is 4.74 Å². The molecule has 0 aliphatic heterocycles. The second kappa shape index (κ2) is 7.46. The molecule has 0 bridgehead atoms. The van der Waals surface area contributed by atoms with Crippen LogP contribution in [-0.4, -0.2) is 19.8 Å². The number of hydrogen-bond acceptors (Lipinski definition) is 2. The normalized spacial score (nSPS) is 14.6. The van der Waals surface area contributed by atoms with Crippen LogP contribution in [0.15, 0.2) is 24.3 Å². The molecule has 0 heterocycles. The minimum absolute atomic E-state index is 0.268. The van der Waals surface area contributed by atoms with Gasteiger partial charge in [0.05, 0.1) is 0 Å². The van der Waals surface area contributed by atoms with Crippen molar-refractivity contribution in [2.24, 2.45) is 11.7 Å². The summed E-state index contributed by atoms with van der Waals surface area (Å²) in [7, 11) is 1.74. The SMILES string of the molecule is COCCC(C)C(N)CCc1ccccc1C. The Labute approximate surface area is 105 Å². The summed E-state index contributed by atoms with van der Waals surface area (Å²) >= 11 is 0. The number of aryl methyl sites for hydroxylation is 2. The topological polar surface area (TPSA) is 35.2 Å². The molecule has 1 aromatic rings. The smallest absolute Gasteiger partial charge is 0.0465 e. The number of hydrogen-bond donors (Lipinski definition) is 1. The highest BCUT2D eigenvalue weighted by molar-refractivity contribution is 5.25. The summed E-state index contributed by atoms with van der Waals surface area (Å²) in [4.78, 5) is 0. The van der Waals surface area contributed by atoms with Crippen molar-refractivity contribution in [1.29, 1.82) is 0 Å². The van der Waals surface area contributed by atoms with Gasteiger partial charge < -0.3 is 10.5 Å². The minimum atomic E-state index is 0.268. The molecule has 96 valence electrons. The second-order valence-electron chi connectivity index (χ2n) is 4.89. The van der Waals surface area contributed by atoms with Gasteiger partial charge in [0.15, 0.2) is 0 Å². The molecule has 0 saturated carbocycles. The lowest BCUT2D eigenvalue weighted by Crippen LogP contribution is -2.29. The molecule has 0 aliphatic carbocycles. The third-order valence-corrected chi connectivity index (χ3v) is 3.52. The van der Waals surface area contributed by atoms with Gasteiger partial charge in [0.1, 0.15) is 0 Å². The van der Waals surface area contributed by atoms with Crippen LogP contribution in [0.4, 0.5) is 0 Å². The third kappa shape index (κ3) is 4.88. The Bertz CT molecular complexity index is 324. The summed E-state index contributed by atoms with van der Waals surface area (Å²) in [5.41, 5.74) is 8.98. The van der Waals surface area contributed by atoms with Crippen LogP contribution in [-0.2, 0) is 11.2 Å². The summed E-state index contributed by atoms with van der Waals surface area (Å²) in [6.07, 6.45) is 3.17. The number of benzene rings is 1. The van der Waals surface area contributed by atoms with Crippen molar-refractivity contribution in [3.05, 3.63) is 35.4 Å². The standard InChI is InChI=1S/C15H25NO/c1-12-6-4-5-7-14(12)8-9-15(16)13(2)10-11-17-3/h4-7,13,15H,8-11,16H2,1-3H3. The zero-order valence-corrected chi connectivity index (χ0v) is 11.3. The van der Waals surface area contributed by atoms with Gasteiger partial charge in [-0.3, -0.25) is 0 Å². The Balaban J connectivity index is 2.37. The van der Waals surface area contributed by atoms with Crippen LogP contribution in [0.5, 0.6) is 0 Å². The Kier molecular flexibility index (Phi) is 6.23. The third-order valence-electron chi connectivity index (χ3n) is 3.52. The minimum Gasteiger partial charge on any atom is -0.385 e. The van der Waals surface area contributed by atoms with Gasteiger partial charge in [-0.2, -0.15) is 0 Å². The number of nitrogens with two attached hydrogens (primary N) is 1. The molecule has 0 radical (unpaired) electrons. The zero-order valence-electron chi connectivity index (χ0n) is 11.3. The Hall–Kier alpha value is -0.860. The molecule has 1 aromatic carbocycles. The summed E-state index contributed by atoms with van der Waals surface area (Å²) < 4.78 is 5.09. The molecule has 2 nitrogen and oxygen atoms in total. The fraction of sp³-hybridized carbons (Fsp3) is 0.600. The van der Waals surface area contributed by atoms with Gasteiger partial charge in [0, 0.05) is 19.8 Å². The lowest BCUT2D eigenvalue weighted by Gasteiger charge is -2.19. The number of ether oxygens (including phenoxy) is 1. The first kappa shape index (κ1) is 14.2. The average Bonchev–Trinajstić information content (AvgIpc) is 2.34. The molecule has 2 unspecified atom stereocenters. The van der Waals surface area contributed by atoms with Crippen LogP contribution in [0.25, 0.3) is 0 Å². The first-order chi connectivity index (χ1) is 8.15. The first-order valence-electron chi connectivity index (χ1n) is 6.44. The van der Waals surface area contributed by atoms with E-state index < -0.39 is 0 Å². The zero-order chi connectivity index (χ0) is 12.7. The van der Waals surface area contributed by atoms with Gasteiger partial charge in [0.25, 0.3) is 0 Å². The van der Waals surface area contributed by atoms with Gasteiger partial charge in [-0.1, -0.05) is 31.2 Å². The van der Waals surface area contributed by atoms with E-state index in [-0.39, 0.29) is 6.04 Å². The summed E-state index contributed by atoms with van der Waals surface area (Å²) in [6.45, 7) is 5.18. The Morgan fingerprint density at radius 1 is 1.24 bits per heavy atom. The number of rotatable bonds is 7. The van der Waals surface area contributed by atoms with E-state index in [1.165, 1.54) is 11.1 Å². The maximum atomic E-state index is 6.20. The quantitative estimate of drug-likeness (QED) is 0.788. The molecule has 0 saturated heterocycles. The van der Waals surface area contributed by atoms with Gasteiger partial charge in [-0.05, 0) is 43.2 Å². The van der Waals surface area contributed by atoms with E-state index in [1.807, 2.05) is 0 Å². The van der Waals surface area contributed by atoms with Crippen molar-refractivity contribution in [2.45, 2.75) is 39.2 Å². The van der Waals surface area contributed by atoms with E-state index in [1.54, 1.807) is 7.11 Å². The lowest BCUT2D eigenvalue weighted by atomic mass is 9.93. The first-order valence-corrected chi connectivity index (χ1v) is 6.44. The summed E-state index contributed by atoms with van der Waals surface area (Å²) in [6, 6.07) is 8.81. The van der Waals surface area contributed by atoms with E-state index in [9.17, 15) is 0 Å². The van der Waals surface area contributed by atoms with Gasteiger partial charge in [0.2, 0.25) is 0 Å². The molecule has 0 spiro atoms. The monoisotopic (exact) mass is 235 g/mol. The van der Waals surface area contributed by atoms with Crippen molar-refractivity contribution in [1.82, 2.24) is 0 Å². The predicted octanol–water partition coefficient (Wildman–Crippen LogP) is 2.93. The van der Waals surface area contributed by atoms with E-state index in [0.29, 0.717) is 5.92 Å². The van der Waals surface area contributed by atoms with E-state index in [2.05, 4.69) is 38.1 Å². The Morgan fingerprint density at radius 2 is 1.94 bits per heavy atom. The lowest BCUT2D eigenvalue weighted by molar-refractivity contribution is 0.173. The molecule has 2 N–H and O–H groups in total. The molecule has 0 fully saturated rings.